The van der Waals surface area contributed by atoms with E-state index >= 15 is 0 Å². The number of fused-ring (bicyclic) bond motifs is 1. The van der Waals surface area contributed by atoms with Crippen LogP contribution in [0.4, 0.5) is 0 Å². The van der Waals surface area contributed by atoms with Crippen LogP contribution in [0.5, 0.6) is 0 Å². The average molecular weight is 2020 g/mol. The number of sulfonamides is 1. The van der Waals surface area contributed by atoms with Gasteiger partial charge in [-0.05, 0) is 248 Å². The van der Waals surface area contributed by atoms with Gasteiger partial charge in [-0.1, -0.05) is 226 Å². The lowest BCUT2D eigenvalue weighted by Gasteiger charge is -2.34. The molecule has 0 saturated heterocycles. The molecule has 1 saturated carbocycles. The van der Waals surface area contributed by atoms with Crippen LogP contribution < -0.4 is 64.2 Å². The van der Waals surface area contributed by atoms with Crippen LogP contribution in [-0.2, 0) is 20.2 Å². The lowest BCUT2D eigenvalue weighted by Crippen LogP contribution is -2.40. The number of aryl methyl sites for hydroxylation is 1. The molecule has 1 aliphatic rings. The van der Waals surface area contributed by atoms with Gasteiger partial charge in [0.1, 0.15) is 5.58 Å². The Labute approximate surface area is 838 Å². The van der Waals surface area contributed by atoms with E-state index in [9.17, 15) is 61.2 Å². The van der Waals surface area contributed by atoms with E-state index < -0.39 is 51.5 Å². The van der Waals surface area contributed by atoms with Gasteiger partial charge in [0.25, 0.3) is 59.1 Å². The number of hydroxylamine groups is 6. The smallest absolute Gasteiger partial charge is 0.287 e. The molecule has 13 rings (SSSR count). The van der Waals surface area contributed by atoms with Crippen LogP contribution in [-0.4, -0.2) is 105 Å². The van der Waals surface area contributed by atoms with Gasteiger partial charge in [-0.2, -0.15) is 0 Å². The number of carbonyl (C=O) groups is 11. The van der Waals surface area contributed by atoms with Crippen LogP contribution in [0.15, 0.2) is 269 Å². The first-order valence-corrected chi connectivity index (χ1v) is 48.3. The molecule has 142 heavy (non-hydrogen) atoms. The van der Waals surface area contributed by atoms with Crippen molar-refractivity contribution in [3.8, 4) is 0 Å². The Bertz CT molecular complexity index is 6430. The zero-order valence-corrected chi connectivity index (χ0v) is 84.0. The van der Waals surface area contributed by atoms with E-state index in [2.05, 4.69) is 72.8 Å². The molecule has 12 aromatic rings. The van der Waals surface area contributed by atoms with Gasteiger partial charge in [0.05, 0.1) is 50.6 Å². The lowest BCUT2D eigenvalue weighted by atomic mass is 9.81. The van der Waals surface area contributed by atoms with Crippen LogP contribution in [0.2, 0.25) is 10.0 Å². The van der Waals surface area contributed by atoms with Gasteiger partial charge < -0.3 is 31.0 Å². The summed E-state index contributed by atoms with van der Waals surface area (Å²) in [7, 11) is -3.62. The molecular formula is C106H120Cl2N12O20S2. The molecule has 1 fully saturated rings. The van der Waals surface area contributed by atoms with Gasteiger partial charge in [-0.3, -0.25) is 84.0 Å². The van der Waals surface area contributed by atoms with Gasteiger partial charge in [-0.25, -0.2) is 46.0 Å². The molecule has 0 aliphatic heterocycles. The molecule has 18 N–H and O–H groups in total. The van der Waals surface area contributed by atoms with Crippen molar-refractivity contribution in [1.82, 2.24) is 64.2 Å². The summed E-state index contributed by atoms with van der Waals surface area (Å²) in [5.74, 6) is -4.00. The summed E-state index contributed by atoms with van der Waals surface area (Å²) in [6, 6.07) is 69.7. The third-order valence-electron chi connectivity index (χ3n) is 22.8. The SMILES string of the molecule is CC(C)(C)C(NC(=O)C1CCCCC1)c1ccc(C(=O)NO)cc1.CC(C)(C)C(NC(=O)c1cc2cc(Cl)ccc2o1)c1ccc(C(=O)NO)cc1.CC(NC(=O)c1ccc(C(C)(C)C)cc1)c1cccc(C(=O)NO)c1.CC(NC(=O)c1ccccc1Cl)c1ccc(C(=O)NO)cc1.CC(NC(=O)c1cccs1)c1cccc(C(=O)NO)c1.Cc1ccc(S(=O)(=O)NC(C)c2ccc(C(=O)NO)cc2)cc1. The number of rotatable bonds is 25. The molecule has 6 atom stereocenters. The maximum Gasteiger partial charge on any atom is 0.287 e. The Hall–Kier alpha value is -14.1. The second-order valence-corrected chi connectivity index (χ2v) is 40.1. The zero-order valence-electron chi connectivity index (χ0n) is 80.9. The number of hydrogen-bond donors (Lipinski definition) is 18. The van der Waals surface area contributed by atoms with Gasteiger partial charge in [0.2, 0.25) is 15.9 Å². The number of hydrogen-bond acceptors (Lipinski definition) is 21. The predicted molar refractivity (Wildman–Crippen MR) is 540 cm³/mol. The van der Waals surface area contributed by atoms with E-state index in [0.29, 0.717) is 65.0 Å². The van der Waals surface area contributed by atoms with E-state index in [1.807, 2.05) is 108 Å². The van der Waals surface area contributed by atoms with Crippen molar-refractivity contribution in [2.75, 3.05) is 0 Å². The van der Waals surface area contributed by atoms with Gasteiger partial charge in [0.15, 0.2) is 5.76 Å². The molecular weight excluding hydrogens is 1900 g/mol. The Kier molecular flexibility index (Phi) is 42.2. The summed E-state index contributed by atoms with van der Waals surface area (Å²) >= 11 is 13.4. The van der Waals surface area contributed by atoms with Crippen LogP contribution in [0.1, 0.15) is 306 Å². The Morgan fingerprint density at radius 3 is 1.20 bits per heavy atom. The van der Waals surface area contributed by atoms with Crippen molar-refractivity contribution >= 4 is 121 Å². The first-order chi connectivity index (χ1) is 67.2. The van der Waals surface area contributed by atoms with Crippen molar-refractivity contribution in [2.45, 2.75) is 176 Å². The van der Waals surface area contributed by atoms with Crippen LogP contribution in [0.25, 0.3) is 11.0 Å². The van der Waals surface area contributed by atoms with Crippen molar-refractivity contribution in [3.63, 3.8) is 0 Å². The molecule has 10 aromatic carbocycles. The van der Waals surface area contributed by atoms with E-state index in [1.165, 1.54) is 35.5 Å². The molecule has 11 amide bonds. The van der Waals surface area contributed by atoms with Crippen molar-refractivity contribution in [2.24, 2.45) is 16.7 Å². The molecule has 750 valence electrons. The van der Waals surface area contributed by atoms with E-state index in [4.69, 9.17) is 58.9 Å². The molecule has 1 aliphatic carbocycles. The fourth-order valence-corrected chi connectivity index (χ4v) is 16.9. The summed E-state index contributed by atoms with van der Waals surface area (Å²) in [6.45, 7) is 27.8. The molecule has 2 heterocycles. The van der Waals surface area contributed by atoms with Crippen molar-refractivity contribution in [1.29, 1.82) is 0 Å². The minimum absolute atomic E-state index is 0.0377. The van der Waals surface area contributed by atoms with Gasteiger partial charge in [0, 0.05) is 61.3 Å². The summed E-state index contributed by atoms with van der Waals surface area (Å²) in [5, 5.41) is 70.3. The highest BCUT2D eigenvalue weighted by molar-refractivity contribution is 7.89. The maximum atomic E-state index is 12.8. The normalized spacial score (nSPS) is 13.1. The van der Waals surface area contributed by atoms with Crippen LogP contribution in [0, 0.1) is 23.7 Å². The average Bonchev–Trinajstić information content (AvgIpc) is 1.57. The van der Waals surface area contributed by atoms with Crippen molar-refractivity contribution < 1.29 is 96.8 Å². The van der Waals surface area contributed by atoms with E-state index in [1.54, 1.807) is 228 Å². The second-order valence-electron chi connectivity index (χ2n) is 36.6. The minimum Gasteiger partial charge on any atom is -0.451 e. The second kappa shape index (κ2) is 52.9. The Morgan fingerprint density at radius 2 is 0.775 bits per heavy atom. The minimum atomic E-state index is -3.62. The van der Waals surface area contributed by atoms with Gasteiger partial charge >= 0.3 is 0 Å². The highest BCUT2D eigenvalue weighted by Gasteiger charge is 2.33. The van der Waals surface area contributed by atoms with E-state index in [0.717, 1.165) is 64.5 Å². The molecule has 0 radical (unpaired) electrons. The number of carbonyl (C=O) groups excluding carboxylic acids is 11. The zero-order chi connectivity index (χ0) is 105. The van der Waals surface area contributed by atoms with E-state index in [-0.39, 0.29) is 98.1 Å². The number of thiophene rings is 1. The summed E-state index contributed by atoms with van der Waals surface area (Å²) in [6.07, 6.45) is 5.42. The highest BCUT2D eigenvalue weighted by Crippen LogP contribution is 2.37. The molecule has 6 unspecified atom stereocenters. The first-order valence-electron chi connectivity index (χ1n) is 45.2. The number of amides is 11. The lowest BCUT2D eigenvalue weighted by molar-refractivity contribution is -0.127. The predicted octanol–water partition coefficient (Wildman–Crippen LogP) is 19.4. The fourth-order valence-electron chi connectivity index (χ4n) is 14.7. The largest absolute Gasteiger partial charge is 0.451 e. The molecule has 0 bridgehead atoms. The standard InChI is InChI=1S/C21H21ClN2O4.C20H24N2O3.C19H28N2O3.C16H15ClN2O3.C16H18N2O4S.C14H14N2O3S/c1-21(2,3)18(12-4-6-13(7-5-12)19(25)24-27)23-20(26)17-11-14-10-15(22)8-9-16(14)28-17;1-13(15-6-5-7-16(12-15)19(24)22-25)21-18(23)14-8-10-17(11-9-14)20(2,3)4;1-19(2,3)16(20-17(22)14-7-5-4-6-8-14)13-9-11-15(12-10-13)18(23)21-24;1-10(11-6-8-12(9-7-11)15(20)19-22)18-16(21)13-4-2-3-5-14(13)17;1-11-3-9-15(10-4-11)23(21,22)18-12(2)13-5-7-14(8-6-13)16(19)17-20;1-9(15-14(18)12-6-3-7-20-12)10-4-2-5-11(8-10)13(17)16-19/h4-11,18,27H,1-3H3,(H,23,26)(H,24,25);5-13,25H,1-4H3,(H,21,23)(H,22,24);9-12,14,16,24H,4-8H2,1-3H3,(H,20,22)(H,21,23);2-10,22H,1H3,(H,18,21)(H,19,20);3-10,12,18,20H,1-2H3,(H,17,19);2-9,19H,1H3,(H,15,18)(H,16,17). The van der Waals surface area contributed by atoms with Crippen LogP contribution in [0.3, 0.4) is 0 Å². The third-order valence-corrected chi connectivity index (χ3v) is 25.8. The highest BCUT2D eigenvalue weighted by atomic mass is 35.5. The van der Waals surface area contributed by atoms with Gasteiger partial charge in [-0.15, -0.1) is 11.3 Å². The topological polar surface area (TPSA) is 501 Å². The molecule has 2 aromatic heterocycles. The number of benzene rings is 10. The first kappa shape index (κ1) is 113. The Balaban J connectivity index is 0.000000209. The monoisotopic (exact) mass is 2010 g/mol. The quantitative estimate of drug-likeness (QED) is 0.0187. The van der Waals surface area contributed by atoms with Crippen LogP contribution >= 0.6 is 34.5 Å². The molecule has 32 nitrogen and oxygen atoms in total. The number of nitrogens with one attached hydrogen (secondary N) is 12. The summed E-state index contributed by atoms with van der Waals surface area (Å²) < 4.78 is 32.9. The molecule has 36 heteroatoms. The maximum absolute atomic E-state index is 12.8. The fraction of sp³-hybridized carbons (Fsp3) is 0.274. The summed E-state index contributed by atoms with van der Waals surface area (Å²) in [5.41, 5.74) is 19.7. The molecule has 0 spiro atoms. The van der Waals surface area contributed by atoms with Crippen molar-refractivity contribution in [3.05, 3.63) is 370 Å². The summed E-state index contributed by atoms with van der Waals surface area (Å²) in [4.78, 5) is 131. The number of furan rings is 1. The third kappa shape index (κ3) is 33.5. The number of halogens is 2. The Morgan fingerprint density at radius 1 is 0.373 bits per heavy atom.